The van der Waals surface area contributed by atoms with Crippen molar-refractivity contribution in [3.8, 4) is 5.75 Å². The number of fused-ring (bicyclic) bond motifs is 1. The smallest absolute Gasteiger partial charge is 0.410 e. The molecule has 0 saturated heterocycles. The highest BCUT2D eigenvalue weighted by Gasteiger charge is 2.33. The van der Waals surface area contributed by atoms with Gasteiger partial charge in [0.1, 0.15) is 5.75 Å². The fourth-order valence-corrected chi connectivity index (χ4v) is 3.55. The Kier molecular flexibility index (Phi) is 4.76. The molecule has 1 atom stereocenters. The van der Waals surface area contributed by atoms with Crippen LogP contribution in [0.5, 0.6) is 5.75 Å². The molecule has 0 unspecified atom stereocenters. The van der Waals surface area contributed by atoms with Gasteiger partial charge in [0.15, 0.2) is 0 Å². The molecule has 4 rings (SSSR count). The first-order valence-electron chi connectivity index (χ1n) is 8.99. The van der Waals surface area contributed by atoms with Crippen LogP contribution in [0.2, 0.25) is 0 Å². The molecule has 1 heterocycles. The molecule has 3 aromatic carbocycles. The van der Waals surface area contributed by atoms with E-state index in [2.05, 4.69) is 6.07 Å². The van der Waals surface area contributed by atoms with Crippen molar-refractivity contribution in [3.05, 3.63) is 106 Å². The fourth-order valence-electron chi connectivity index (χ4n) is 3.55. The maximum atomic E-state index is 12.9. The van der Waals surface area contributed by atoms with Crippen LogP contribution in [-0.4, -0.2) is 22.5 Å². The molecule has 0 bridgehead atoms. The van der Waals surface area contributed by atoms with Gasteiger partial charge in [-0.15, -0.1) is 0 Å². The van der Waals surface area contributed by atoms with Crippen LogP contribution in [0.15, 0.2) is 78.9 Å². The first-order valence-corrected chi connectivity index (χ1v) is 8.99. The minimum absolute atomic E-state index is 0.0474. The maximum Gasteiger partial charge on any atom is 0.416 e. The largest absolute Gasteiger partial charge is 0.416 e. The van der Waals surface area contributed by atoms with Crippen molar-refractivity contribution < 1.29 is 14.5 Å². The highest BCUT2D eigenvalue weighted by Crippen LogP contribution is 2.35. The van der Waals surface area contributed by atoms with Crippen LogP contribution in [0.4, 0.5) is 10.5 Å². The lowest BCUT2D eigenvalue weighted by atomic mass is 9.88. The van der Waals surface area contributed by atoms with Gasteiger partial charge in [0, 0.05) is 18.7 Å². The number of nitro benzene ring substituents is 1. The summed E-state index contributed by atoms with van der Waals surface area (Å²) in [6.07, 6.45) is 0.270. The molecule has 0 aromatic heterocycles. The summed E-state index contributed by atoms with van der Waals surface area (Å²) >= 11 is 0. The zero-order chi connectivity index (χ0) is 19.5. The summed E-state index contributed by atoms with van der Waals surface area (Å²) in [7, 11) is 0. The molecule has 0 radical (unpaired) electrons. The van der Waals surface area contributed by atoms with Crippen molar-refractivity contribution in [2.45, 2.75) is 12.5 Å². The average Bonchev–Trinajstić information content (AvgIpc) is 2.74. The molecular weight excluding hydrogens is 356 g/mol. The molecule has 0 spiro atoms. The first kappa shape index (κ1) is 17.7. The Bertz CT molecular complexity index is 1000. The summed E-state index contributed by atoms with van der Waals surface area (Å²) in [6, 6.07) is 23.2. The molecule has 1 aliphatic heterocycles. The van der Waals surface area contributed by atoms with Gasteiger partial charge in [-0.2, -0.15) is 0 Å². The van der Waals surface area contributed by atoms with E-state index in [9.17, 15) is 14.9 Å². The summed E-state index contributed by atoms with van der Waals surface area (Å²) in [5.41, 5.74) is 3.26. The third-order valence-corrected chi connectivity index (χ3v) is 4.89. The van der Waals surface area contributed by atoms with Crippen molar-refractivity contribution >= 4 is 11.8 Å². The number of hydrogen-bond donors (Lipinski definition) is 0. The van der Waals surface area contributed by atoms with Gasteiger partial charge in [0.05, 0.1) is 11.0 Å². The molecule has 140 valence electrons. The molecule has 0 aliphatic carbocycles. The molecule has 0 fully saturated rings. The monoisotopic (exact) mass is 374 g/mol. The summed E-state index contributed by atoms with van der Waals surface area (Å²) in [5.74, 6) is 0.279. The topological polar surface area (TPSA) is 72.7 Å². The van der Waals surface area contributed by atoms with Crippen molar-refractivity contribution in [1.29, 1.82) is 0 Å². The summed E-state index contributed by atoms with van der Waals surface area (Å²) < 4.78 is 5.52. The summed E-state index contributed by atoms with van der Waals surface area (Å²) in [4.78, 5) is 25.0. The molecule has 0 saturated carbocycles. The number of carbonyl (C=O) groups is 1. The summed E-state index contributed by atoms with van der Waals surface area (Å²) in [5, 5.41) is 10.8. The number of carbonyl (C=O) groups excluding carboxylic acids is 1. The van der Waals surface area contributed by atoms with Crippen LogP contribution >= 0.6 is 0 Å². The third-order valence-electron chi connectivity index (χ3n) is 4.89. The SMILES string of the molecule is O=C(Oc1ccc([N+](=O)[O-])cc1)N1CCc2ccccc2[C@H]1c1ccccc1. The standard InChI is InChI=1S/C22H18N2O4/c25-22(28-19-12-10-18(11-13-19)24(26)27)23-15-14-16-6-4-5-9-20(16)21(23)17-7-2-1-3-8-17/h1-13,21H,14-15H2/t21-/m1/s1. The predicted molar refractivity (Wildman–Crippen MR) is 104 cm³/mol. The van der Waals surface area contributed by atoms with E-state index in [1.807, 2.05) is 48.5 Å². The maximum absolute atomic E-state index is 12.9. The Morgan fingerprint density at radius 2 is 1.64 bits per heavy atom. The summed E-state index contributed by atoms with van der Waals surface area (Å²) in [6.45, 7) is 0.530. The predicted octanol–water partition coefficient (Wildman–Crippen LogP) is 4.74. The van der Waals surface area contributed by atoms with Crippen molar-refractivity contribution in [2.75, 3.05) is 6.54 Å². The highest BCUT2D eigenvalue weighted by atomic mass is 16.6. The van der Waals surface area contributed by atoms with Gasteiger partial charge >= 0.3 is 6.09 Å². The Morgan fingerprint density at radius 1 is 0.964 bits per heavy atom. The number of benzene rings is 3. The van der Waals surface area contributed by atoms with Crippen molar-refractivity contribution in [3.63, 3.8) is 0 Å². The zero-order valence-electron chi connectivity index (χ0n) is 15.0. The number of nitro groups is 1. The Labute approximate surface area is 162 Å². The zero-order valence-corrected chi connectivity index (χ0v) is 15.0. The van der Waals surface area contributed by atoms with E-state index >= 15 is 0 Å². The minimum Gasteiger partial charge on any atom is -0.410 e. The lowest BCUT2D eigenvalue weighted by molar-refractivity contribution is -0.384. The first-order chi connectivity index (χ1) is 13.6. The second kappa shape index (κ2) is 7.52. The van der Waals surface area contributed by atoms with E-state index in [4.69, 9.17) is 4.74 Å². The number of hydrogen-bond acceptors (Lipinski definition) is 4. The van der Waals surface area contributed by atoms with E-state index in [1.165, 1.54) is 29.8 Å². The molecule has 6 nitrogen and oxygen atoms in total. The van der Waals surface area contributed by atoms with E-state index < -0.39 is 11.0 Å². The van der Waals surface area contributed by atoms with E-state index in [-0.39, 0.29) is 17.5 Å². The number of rotatable bonds is 3. The van der Waals surface area contributed by atoms with Gasteiger partial charge in [0.25, 0.3) is 5.69 Å². The molecule has 1 amide bonds. The van der Waals surface area contributed by atoms with Crippen LogP contribution in [-0.2, 0) is 6.42 Å². The van der Waals surface area contributed by atoms with Crippen molar-refractivity contribution in [1.82, 2.24) is 4.90 Å². The van der Waals surface area contributed by atoms with Crippen LogP contribution in [0.3, 0.4) is 0 Å². The van der Waals surface area contributed by atoms with Gasteiger partial charge in [-0.3, -0.25) is 15.0 Å². The van der Waals surface area contributed by atoms with Gasteiger partial charge in [-0.05, 0) is 35.2 Å². The molecule has 0 N–H and O–H groups in total. The fraction of sp³-hybridized carbons (Fsp3) is 0.136. The Morgan fingerprint density at radius 3 is 2.36 bits per heavy atom. The molecular formula is C22H18N2O4. The van der Waals surface area contributed by atoms with Gasteiger partial charge in [-0.1, -0.05) is 54.6 Å². The Hall–Kier alpha value is -3.67. The molecule has 3 aromatic rings. The average molecular weight is 374 g/mol. The lowest BCUT2D eigenvalue weighted by Crippen LogP contribution is -2.42. The number of ether oxygens (including phenoxy) is 1. The number of amides is 1. The van der Waals surface area contributed by atoms with Crippen LogP contribution in [0.25, 0.3) is 0 Å². The minimum atomic E-state index is -0.487. The second-order valence-electron chi connectivity index (χ2n) is 6.57. The van der Waals surface area contributed by atoms with E-state index in [1.54, 1.807) is 4.90 Å². The quantitative estimate of drug-likeness (QED) is 0.490. The Balaban J connectivity index is 1.63. The van der Waals surface area contributed by atoms with Gasteiger partial charge in [0.2, 0.25) is 0 Å². The van der Waals surface area contributed by atoms with Crippen LogP contribution < -0.4 is 4.74 Å². The van der Waals surface area contributed by atoms with E-state index in [0.717, 1.165) is 17.5 Å². The van der Waals surface area contributed by atoms with Crippen LogP contribution in [0.1, 0.15) is 22.7 Å². The highest BCUT2D eigenvalue weighted by molar-refractivity contribution is 5.73. The lowest BCUT2D eigenvalue weighted by Gasteiger charge is -2.36. The van der Waals surface area contributed by atoms with Crippen molar-refractivity contribution in [2.24, 2.45) is 0 Å². The van der Waals surface area contributed by atoms with Crippen LogP contribution in [0, 0.1) is 10.1 Å². The van der Waals surface area contributed by atoms with E-state index in [0.29, 0.717) is 6.54 Å². The normalized spacial score (nSPS) is 15.6. The third kappa shape index (κ3) is 3.44. The number of nitrogens with zero attached hydrogens (tertiary/aromatic N) is 2. The van der Waals surface area contributed by atoms with Gasteiger partial charge in [-0.25, -0.2) is 4.79 Å². The number of non-ortho nitro benzene ring substituents is 1. The second-order valence-corrected chi connectivity index (χ2v) is 6.57. The molecule has 28 heavy (non-hydrogen) atoms. The van der Waals surface area contributed by atoms with Gasteiger partial charge < -0.3 is 4.74 Å². The molecule has 1 aliphatic rings. The molecule has 6 heteroatoms.